The molecule has 0 fully saturated rings. The van der Waals surface area contributed by atoms with Crippen molar-refractivity contribution in [2.24, 2.45) is 7.05 Å². The second kappa shape index (κ2) is 5.78. The molecule has 0 saturated heterocycles. The lowest BCUT2D eigenvalue weighted by molar-refractivity contribution is -0.139. The summed E-state index contributed by atoms with van der Waals surface area (Å²) in [4.78, 5) is 23.8. The lowest BCUT2D eigenvalue weighted by atomic mass is 10.1. The Morgan fingerprint density at radius 2 is 1.86 bits per heavy atom. The zero-order valence-corrected chi connectivity index (χ0v) is 12.1. The molecule has 1 aromatic carbocycles. The summed E-state index contributed by atoms with van der Waals surface area (Å²) in [5.41, 5.74) is 2.21. The number of aliphatic carboxylic acids is 1. The molecule has 0 aliphatic rings. The number of aromatic nitrogens is 2. The molecule has 0 saturated carbocycles. The van der Waals surface area contributed by atoms with E-state index in [0.717, 1.165) is 0 Å². The zero-order valence-electron chi connectivity index (χ0n) is 12.1. The van der Waals surface area contributed by atoms with E-state index in [2.05, 4.69) is 10.4 Å². The van der Waals surface area contributed by atoms with Crippen molar-refractivity contribution in [1.29, 1.82) is 0 Å². The van der Waals surface area contributed by atoms with E-state index in [4.69, 9.17) is 0 Å². The van der Waals surface area contributed by atoms with E-state index < -0.39 is 17.9 Å². The van der Waals surface area contributed by atoms with E-state index in [1.54, 1.807) is 55.9 Å². The van der Waals surface area contributed by atoms with Crippen molar-refractivity contribution in [3.63, 3.8) is 0 Å². The molecule has 1 atom stereocenters. The van der Waals surface area contributed by atoms with E-state index in [-0.39, 0.29) is 0 Å². The Labute approximate surface area is 122 Å². The average molecular weight is 287 g/mol. The Balaban J connectivity index is 2.30. The molecule has 2 rings (SSSR count). The summed E-state index contributed by atoms with van der Waals surface area (Å²) < 4.78 is 1.60. The maximum Gasteiger partial charge on any atom is 0.330 e. The van der Waals surface area contributed by atoms with Crippen molar-refractivity contribution in [2.75, 3.05) is 0 Å². The third-order valence-corrected chi connectivity index (χ3v) is 3.39. The number of amides is 1. The van der Waals surface area contributed by atoms with Gasteiger partial charge in [0.2, 0.25) is 0 Å². The molecule has 0 unspecified atom stereocenters. The van der Waals surface area contributed by atoms with Crippen molar-refractivity contribution in [3.05, 3.63) is 52.8 Å². The topological polar surface area (TPSA) is 84.2 Å². The number of hydrogen-bond acceptors (Lipinski definition) is 3. The van der Waals surface area contributed by atoms with E-state index in [9.17, 15) is 14.7 Å². The maximum atomic E-state index is 12.4. The van der Waals surface area contributed by atoms with Gasteiger partial charge in [0.25, 0.3) is 5.91 Å². The second-order valence-corrected chi connectivity index (χ2v) is 4.82. The normalized spacial score (nSPS) is 12.0. The Morgan fingerprint density at radius 1 is 1.24 bits per heavy atom. The number of rotatable bonds is 4. The number of benzene rings is 1. The number of nitrogens with one attached hydrogen (secondary N) is 1. The average Bonchev–Trinajstić information content (AvgIpc) is 2.70. The summed E-state index contributed by atoms with van der Waals surface area (Å²) in [7, 11) is 1.74. The van der Waals surface area contributed by atoms with Gasteiger partial charge in [-0.1, -0.05) is 30.3 Å². The van der Waals surface area contributed by atoms with Crippen molar-refractivity contribution < 1.29 is 14.7 Å². The molecular weight excluding hydrogens is 270 g/mol. The van der Waals surface area contributed by atoms with Crippen LogP contribution in [0.5, 0.6) is 0 Å². The van der Waals surface area contributed by atoms with Gasteiger partial charge in [-0.25, -0.2) is 4.79 Å². The van der Waals surface area contributed by atoms with E-state index in [0.29, 0.717) is 22.5 Å². The number of carbonyl (C=O) groups is 2. The molecule has 110 valence electrons. The number of carboxylic acids is 1. The first-order chi connectivity index (χ1) is 9.91. The van der Waals surface area contributed by atoms with Gasteiger partial charge in [-0.15, -0.1) is 0 Å². The zero-order chi connectivity index (χ0) is 15.6. The number of nitrogens with zero attached hydrogens (tertiary/aromatic N) is 2. The van der Waals surface area contributed by atoms with Gasteiger partial charge in [-0.2, -0.15) is 5.10 Å². The van der Waals surface area contributed by atoms with Gasteiger partial charge in [0.1, 0.15) is 0 Å². The molecule has 2 N–H and O–H groups in total. The van der Waals surface area contributed by atoms with Gasteiger partial charge in [-0.3, -0.25) is 9.48 Å². The van der Waals surface area contributed by atoms with Crippen LogP contribution < -0.4 is 5.32 Å². The fourth-order valence-corrected chi connectivity index (χ4v) is 2.24. The third kappa shape index (κ3) is 2.94. The van der Waals surface area contributed by atoms with Crippen LogP contribution in [-0.4, -0.2) is 26.8 Å². The molecule has 1 aromatic heterocycles. The van der Waals surface area contributed by atoms with Crippen LogP contribution in [0.25, 0.3) is 0 Å². The summed E-state index contributed by atoms with van der Waals surface area (Å²) in [5.74, 6) is -1.54. The SMILES string of the molecule is Cc1nn(C)c(C)c1C(=O)N[C@H](C(=O)O)c1ccccc1. The number of aryl methyl sites for hydroxylation is 2. The largest absolute Gasteiger partial charge is 0.479 e. The Morgan fingerprint density at radius 3 is 2.33 bits per heavy atom. The van der Waals surface area contributed by atoms with Crippen LogP contribution in [-0.2, 0) is 11.8 Å². The number of carbonyl (C=O) groups excluding carboxylic acids is 1. The molecule has 2 aromatic rings. The monoisotopic (exact) mass is 287 g/mol. The first-order valence-corrected chi connectivity index (χ1v) is 6.50. The van der Waals surface area contributed by atoms with Crippen LogP contribution in [0, 0.1) is 13.8 Å². The van der Waals surface area contributed by atoms with Gasteiger partial charge in [-0.05, 0) is 19.4 Å². The summed E-state index contributed by atoms with van der Waals surface area (Å²) in [5, 5.41) is 16.0. The smallest absolute Gasteiger partial charge is 0.330 e. The first-order valence-electron chi connectivity index (χ1n) is 6.50. The minimum atomic E-state index is -1.10. The maximum absolute atomic E-state index is 12.4. The summed E-state index contributed by atoms with van der Waals surface area (Å²) in [6, 6.07) is 7.51. The molecule has 0 aliphatic carbocycles. The van der Waals surface area contributed by atoms with Crippen LogP contribution in [0.15, 0.2) is 30.3 Å². The fourth-order valence-electron chi connectivity index (χ4n) is 2.24. The summed E-state index contributed by atoms with van der Waals surface area (Å²) >= 11 is 0. The minimum absolute atomic E-state index is 0.416. The molecule has 0 aliphatic heterocycles. The molecule has 6 nitrogen and oxygen atoms in total. The molecule has 0 radical (unpaired) electrons. The Bertz CT molecular complexity index is 677. The van der Waals surface area contributed by atoms with Crippen LogP contribution in [0.4, 0.5) is 0 Å². The highest BCUT2D eigenvalue weighted by Crippen LogP contribution is 2.16. The van der Waals surface area contributed by atoms with Crippen LogP contribution in [0.2, 0.25) is 0 Å². The van der Waals surface area contributed by atoms with Crippen molar-refractivity contribution >= 4 is 11.9 Å². The van der Waals surface area contributed by atoms with Crippen molar-refractivity contribution in [1.82, 2.24) is 15.1 Å². The lowest BCUT2D eigenvalue weighted by Gasteiger charge is -2.15. The second-order valence-electron chi connectivity index (χ2n) is 4.82. The van der Waals surface area contributed by atoms with Gasteiger partial charge in [0.15, 0.2) is 6.04 Å². The molecule has 0 bridgehead atoms. The molecule has 1 heterocycles. The molecule has 6 heteroatoms. The van der Waals surface area contributed by atoms with Crippen LogP contribution >= 0.6 is 0 Å². The summed E-state index contributed by atoms with van der Waals surface area (Å²) in [6.45, 7) is 3.49. The standard InChI is InChI=1S/C15H17N3O3/c1-9-12(10(2)18(3)17-9)14(19)16-13(15(20)21)11-7-5-4-6-8-11/h4-8,13H,1-3H3,(H,16,19)(H,20,21)/t13-/m0/s1. The highest BCUT2D eigenvalue weighted by molar-refractivity contribution is 5.98. The van der Waals surface area contributed by atoms with Crippen molar-refractivity contribution in [3.8, 4) is 0 Å². The number of hydrogen-bond donors (Lipinski definition) is 2. The molecular formula is C15H17N3O3. The fraction of sp³-hybridized carbons (Fsp3) is 0.267. The molecule has 1 amide bonds. The minimum Gasteiger partial charge on any atom is -0.479 e. The highest BCUT2D eigenvalue weighted by atomic mass is 16.4. The van der Waals surface area contributed by atoms with E-state index >= 15 is 0 Å². The van der Waals surface area contributed by atoms with Crippen LogP contribution in [0.1, 0.15) is 33.4 Å². The van der Waals surface area contributed by atoms with E-state index in [1.165, 1.54) is 0 Å². The number of carboxylic acid groups (broad SMARTS) is 1. The Hall–Kier alpha value is -2.63. The molecule has 21 heavy (non-hydrogen) atoms. The predicted molar refractivity (Wildman–Crippen MR) is 77.0 cm³/mol. The van der Waals surface area contributed by atoms with Gasteiger partial charge < -0.3 is 10.4 Å². The summed E-state index contributed by atoms with van der Waals surface area (Å²) in [6.07, 6.45) is 0. The van der Waals surface area contributed by atoms with E-state index in [1.807, 2.05) is 0 Å². The predicted octanol–water partition coefficient (Wildman–Crippen LogP) is 1.59. The molecule has 0 spiro atoms. The first kappa shape index (κ1) is 14.8. The van der Waals surface area contributed by atoms with Gasteiger partial charge >= 0.3 is 5.97 Å². The highest BCUT2D eigenvalue weighted by Gasteiger charge is 2.25. The van der Waals surface area contributed by atoms with Gasteiger partial charge in [0.05, 0.1) is 11.3 Å². The van der Waals surface area contributed by atoms with Gasteiger partial charge in [0, 0.05) is 12.7 Å². The quantitative estimate of drug-likeness (QED) is 0.894. The Kier molecular flexibility index (Phi) is 4.07. The van der Waals surface area contributed by atoms with Crippen molar-refractivity contribution in [2.45, 2.75) is 19.9 Å². The van der Waals surface area contributed by atoms with Crippen LogP contribution in [0.3, 0.4) is 0 Å². The third-order valence-electron chi connectivity index (χ3n) is 3.39. The lowest BCUT2D eigenvalue weighted by Crippen LogP contribution is -2.34.